The van der Waals surface area contributed by atoms with Crippen LogP contribution in [0.1, 0.15) is 24.5 Å². The van der Waals surface area contributed by atoms with E-state index in [1.807, 2.05) is 6.92 Å². The lowest BCUT2D eigenvalue weighted by Gasteiger charge is -2.08. The number of rotatable bonds is 7. The highest BCUT2D eigenvalue weighted by Crippen LogP contribution is 2.19. The van der Waals surface area contributed by atoms with Gasteiger partial charge in [-0.2, -0.15) is 0 Å². The molecule has 28 heavy (non-hydrogen) atoms. The maximum atomic E-state index is 12.2. The van der Waals surface area contributed by atoms with Gasteiger partial charge in [-0.15, -0.1) is 0 Å². The number of non-ortho nitro benzene ring substituents is 1. The van der Waals surface area contributed by atoms with Crippen LogP contribution in [0, 0.1) is 10.1 Å². The highest BCUT2D eigenvalue weighted by molar-refractivity contribution is 6.13. The van der Waals surface area contributed by atoms with Crippen LogP contribution in [-0.2, 0) is 11.4 Å². The number of carbonyl (C=O) groups is 2. The van der Waals surface area contributed by atoms with Crippen molar-refractivity contribution in [2.45, 2.75) is 20.0 Å². The molecular formula is C20H19N3O5. The third-order valence-electron chi connectivity index (χ3n) is 4.13. The van der Waals surface area contributed by atoms with Crippen LogP contribution in [0.4, 0.5) is 10.5 Å². The first kappa shape index (κ1) is 19.1. The maximum Gasteiger partial charge on any atom is 0.329 e. The fourth-order valence-electron chi connectivity index (χ4n) is 2.75. The van der Waals surface area contributed by atoms with Gasteiger partial charge in [0.05, 0.1) is 4.92 Å². The van der Waals surface area contributed by atoms with Crippen LogP contribution < -0.4 is 10.1 Å². The first-order valence-corrected chi connectivity index (χ1v) is 8.78. The Bertz CT molecular complexity index is 937. The van der Waals surface area contributed by atoms with Crippen LogP contribution >= 0.6 is 0 Å². The van der Waals surface area contributed by atoms with Crippen molar-refractivity contribution in [3.8, 4) is 5.75 Å². The molecule has 144 valence electrons. The molecule has 0 unspecified atom stereocenters. The average molecular weight is 381 g/mol. The van der Waals surface area contributed by atoms with E-state index in [9.17, 15) is 19.7 Å². The number of imide groups is 1. The van der Waals surface area contributed by atoms with Crippen molar-refractivity contribution < 1.29 is 19.2 Å². The Labute approximate surface area is 161 Å². The van der Waals surface area contributed by atoms with Crippen molar-refractivity contribution in [3.05, 3.63) is 75.5 Å². The molecule has 1 N–H and O–H groups in total. The van der Waals surface area contributed by atoms with Gasteiger partial charge in [-0.05, 0) is 35.8 Å². The van der Waals surface area contributed by atoms with Crippen LogP contribution in [0.5, 0.6) is 5.75 Å². The monoisotopic (exact) mass is 381 g/mol. The molecule has 0 bridgehead atoms. The van der Waals surface area contributed by atoms with Gasteiger partial charge in [-0.1, -0.05) is 31.2 Å². The molecule has 0 atom stereocenters. The molecule has 1 heterocycles. The fourth-order valence-corrected chi connectivity index (χ4v) is 2.75. The summed E-state index contributed by atoms with van der Waals surface area (Å²) in [4.78, 5) is 35.6. The highest BCUT2D eigenvalue weighted by atomic mass is 16.6. The Balaban J connectivity index is 1.64. The summed E-state index contributed by atoms with van der Waals surface area (Å²) in [5, 5.41) is 13.4. The number of urea groups is 1. The molecule has 8 nitrogen and oxygen atoms in total. The second-order valence-electron chi connectivity index (χ2n) is 6.23. The highest BCUT2D eigenvalue weighted by Gasteiger charge is 2.32. The largest absolute Gasteiger partial charge is 0.489 e. The normalized spacial score (nSPS) is 15.0. The van der Waals surface area contributed by atoms with Crippen molar-refractivity contribution in [1.82, 2.24) is 10.2 Å². The van der Waals surface area contributed by atoms with Gasteiger partial charge >= 0.3 is 6.03 Å². The summed E-state index contributed by atoms with van der Waals surface area (Å²) in [6.07, 6.45) is 2.31. The SMILES string of the molecule is CCCN1C(=O)N/C(=C/c2ccc(OCc3cccc([N+](=O)[O-])c3)cc2)C1=O. The molecule has 0 radical (unpaired) electrons. The lowest BCUT2D eigenvalue weighted by molar-refractivity contribution is -0.384. The molecule has 1 fully saturated rings. The van der Waals surface area contributed by atoms with Crippen molar-refractivity contribution in [3.63, 3.8) is 0 Å². The van der Waals surface area contributed by atoms with Gasteiger partial charge in [0.2, 0.25) is 0 Å². The van der Waals surface area contributed by atoms with Crippen LogP contribution in [0.2, 0.25) is 0 Å². The molecule has 0 spiro atoms. The number of carbonyl (C=O) groups excluding carboxylic acids is 2. The predicted octanol–water partition coefficient (Wildman–Crippen LogP) is 3.48. The second kappa shape index (κ2) is 8.34. The lowest BCUT2D eigenvalue weighted by atomic mass is 10.2. The fraction of sp³-hybridized carbons (Fsp3) is 0.200. The zero-order valence-corrected chi connectivity index (χ0v) is 15.3. The van der Waals surface area contributed by atoms with Crippen LogP contribution in [0.3, 0.4) is 0 Å². The molecule has 0 aromatic heterocycles. The summed E-state index contributed by atoms with van der Waals surface area (Å²) in [6, 6.07) is 12.8. The number of nitro groups is 1. The van der Waals surface area contributed by atoms with E-state index in [0.29, 0.717) is 24.3 Å². The molecule has 1 aliphatic rings. The van der Waals surface area contributed by atoms with Crippen LogP contribution in [0.25, 0.3) is 6.08 Å². The van der Waals surface area contributed by atoms with Gasteiger partial charge in [0.25, 0.3) is 11.6 Å². The molecular weight excluding hydrogens is 362 g/mol. The number of benzene rings is 2. The van der Waals surface area contributed by atoms with E-state index in [-0.39, 0.29) is 23.9 Å². The Hall–Kier alpha value is -3.68. The quantitative estimate of drug-likeness (QED) is 0.342. The third kappa shape index (κ3) is 4.35. The molecule has 2 aromatic rings. The van der Waals surface area contributed by atoms with Crippen molar-refractivity contribution in [1.29, 1.82) is 0 Å². The van der Waals surface area contributed by atoms with E-state index in [0.717, 1.165) is 5.56 Å². The summed E-state index contributed by atoms with van der Waals surface area (Å²) in [7, 11) is 0. The second-order valence-corrected chi connectivity index (χ2v) is 6.23. The van der Waals surface area contributed by atoms with E-state index >= 15 is 0 Å². The molecule has 3 rings (SSSR count). The summed E-state index contributed by atoms with van der Waals surface area (Å²) in [5.74, 6) is 0.251. The van der Waals surface area contributed by atoms with Gasteiger partial charge in [-0.3, -0.25) is 19.8 Å². The van der Waals surface area contributed by atoms with E-state index in [1.165, 1.54) is 17.0 Å². The Morgan fingerprint density at radius 2 is 1.93 bits per heavy atom. The minimum absolute atomic E-state index is 0.0171. The zero-order valence-electron chi connectivity index (χ0n) is 15.3. The number of nitro benzene ring substituents is 1. The number of ether oxygens (including phenoxy) is 1. The smallest absolute Gasteiger partial charge is 0.329 e. The van der Waals surface area contributed by atoms with Gasteiger partial charge in [0.1, 0.15) is 18.1 Å². The number of hydrogen-bond acceptors (Lipinski definition) is 5. The number of hydrogen-bond donors (Lipinski definition) is 1. The molecule has 2 aromatic carbocycles. The first-order chi connectivity index (χ1) is 13.5. The van der Waals surface area contributed by atoms with Gasteiger partial charge in [0, 0.05) is 18.7 Å². The minimum Gasteiger partial charge on any atom is -0.489 e. The van der Waals surface area contributed by atoms with Crippen LogP contribution in [-0.4, -0.2) is 28.3 Å². The van der Waals surface area contributed by atoms with Crippen molar-refractivity contribution >= 4 is 23.7 Å². The van der Waals surface area contributed by atoms with Gasteiger partial charge in [0.15, 0.2) is 0 Å². The standard InChI is InChI=1S/C20H19N3O5/c1-2-10-22-19(24)18(21-20(22)25)12-14-6-8-17(9-7-14)28-13-15-4-3-5-16(11-15)23(26)27/h3-9,11-12H,2,10,13H2,1H3,(H,21,25)/b18-12+. The topological polar surface area (TPSA) is 102 Å². The summed E-state index contributed by atoms with van der Waals surface area (Å²) in [6.45, 7) is 2.48. The molecule has 1 saturated heterocycles. The van der Waals surface area contributed by atoms with E-state index < -0.39 is 11.0 Å². The van der Waals surface area contributed by atoms with E-state index in [4.69, 9.17) is 4.74 Å². The molecule has 1 aliphatic heterocycles. The number of amides is 3. The molecule has 8 heteroatoms. The van der Waals surface area contributed by atoms with Crippen LogP contribution in [0.15, 0.2) is 54.2 Å². The minimum atomic E-state index is -0.448. The van der Waals surface area contributed by atoms with E-state index in [1.54, 1.807) is 42.5 Å². The average Bonchev–Trinajstić information content (AvgIpc) is 2.95. The lowest BCUT2D eigenvalue weighted by Crippen LogP contribution is -2.31. The summed E-state index contributed by atoms with van der Waals surface area (Å²) < 4.78 is 5.65. The maximum absolute atomic E-state index is 12.2. The molecule has 3 amide bonds. The first-order valence-electron chi connectivity index (χ1n) is 8.78. The van der Waals surface area contributed by atoms with Gasteiger partial charge in [-0.25, -0.2) is 4.79 Å². The third-order valence-corrected chi connectivity index (χ3v) is 4.13. The Morgan fingerprint density at radius 3 is 2.61 bits per heavy atom. The Morgan fingerprint density at radius 1 is 1.18 bits per heavy atom. The summed E-state index contributed by atoms with van der Waals surface area (Å²) in [5.41, 5.74) is 1.69. The Kier molecular flexibility index (Phi) is 5.69. The summed E-state index contributed by atoms with van der Waals surface area (Å²) >= 11 is 0. The van der Waals surface area contributed by atoms with Gasteiger partial charge < -0.3 is 10.1 Å². The predicted molar refractivity (Wildman–Crippen MR) is 102 cm³/mol. The zero-order chi connectivity index (χ0) is 20.1. The number of nitrogens with one attached hydrogen (secondary N) is 1. The molecule has 0 saturated carbocycles. The van der Waals surface area contributed by atoms with Crippen molar-refractivity contribution in [2.75, 3.05) is 6.54 Å². The van der Waals surface area contributed by atoms with E-state index in [2.05, 4.69) is 5.32 Å². The molecule has 0 aliphatic carbocycles. The van der Waals surface area contributed by atoms with Crippen molar-refractivity contribution in [2.24, 2.45) is 0 Å². The number of nitrogens with zero attached hydrogens (tertiary/aromatic N) is 2.